The van der Waals surface area contributed by atoms with E-state index in [1.807, 2.05) is 0 Å². The van der Waals surface area contributed by atoms with E-state index in [0.29, 0.717) is 4.15 Å². The van der Waals surface area contributed by atoms with Crippen LogP contribution in [-0.4, -0.2) is 4.15 Å². The van der Waals surface area contributed by atoms with Crippen LogP contribution in [0.25, 0.3) is 0 Å². The third-order valence-electron chi connectivity index (χ3n) is 0. The van der Waals surface area contributed by atoms with E-state index in [9.17, 15) is 0 Å². The van der Waals surface area contributed by atoms with Crippen molar-refractivity contribution in [3.8, 4) is 0 Å². The van der Waals surface area contributed by atoms with Gasteiger partial charge in [0.2, 0.25) is 0 Å². The fourth-order valence-corrected chi connectivity index (χ4v) is 0. The van der Waals surface area contributed by atoms with Crippen LogP contribution in [0, 0.1) is 0 Å². The van der Waals surface area contributed by atoms with Crippen molar-refractivity contribution in [2.75, 3.05) is 0 Å². The molecule has 0 saturated carbocycles. The second-order valence-electron chi connectivity index (χ2n) is 0.402. The fraction of sp³-hybridized carbons (Fsp3) is 0. The third-order valence-corrected chi connectivity index (χ3v) is 0. The number of rotatable bonds is 0. The minimum absolute atomic E-state index is 0.500. The molecule has 0 aliphatic carbocycles. The Morgan fingerprint density at radius 2 is 1.50 bits per heavy atom. The predicted octanol–water partition coefficient (Wildman–Crippen LogP) is -1.46. The second kappa shape index (κ2) is 1.77. The Balaban J connectivity index is 2.80. The standard InChI is InChI=1S/CH4N2.W/c2-1-3;/h2-3H2;. The van der Waals surface area contributed by atoms with Gasteiger partial charge in [-0.25, -0.2) is 0 Å². The summed E-state index contributed by atoms with van der Waals surface area (Å²) in [6.07, 6.45) is 0. The molecule has 0 bridgehead atoms. The van der Waals surface area contributed by atoms with Gasteiger partial charge >= 0.3 is 35.0 Å². The molecular weight excluding hydrogens is 224 g/mol. The van der Waals surface area contributed by atoms with Crippen LogP contribution in [0.1, 0.15) is 0 Å². The summed E-state index contributed by atoms with van der Waals surface area (Å²) in [5.74, 6) is 0. The van der Waals surface area contributed by atoms with Crippen LogP contribution in [0.15, 0.2) is 0 Å². The van der Waals surface area contributed by atoms with E-state index < -0.39 is 0 Å². The van der Waals surface area contributed by atoms with Crippen molar-refractivity contribution in [3.05, 3.63) is 0 Å². The van der Waals surface area contributed by atoms with E-state index in [1.165, 1.54) is 0 Å². The summed E-state index contributed by atoms with van der Waals surface area (Å²) in [6.45, 7) is 0. The van der Waals surface area contributed by atoms with Gasteiger partial charge < -0.3 is 0 Å². The van der Waals surface area contributed by atoms with Gasteiger partial charge in [0.05, 0.1) is 0 Å². The molecule has 0 spiro atoms. The molecular formula is CH4N2W. The van der Waals surface area contributed by atoms with E-state index in [0.717, 1.165) is 19.4 Å². The molecule has 0 aromatic carbocycles. The first-order chi connectivity index (χ1) is 1.73. The monoisotopic (exact) mass is 228 g/mol. The minimum atomic E-state index is 0.500. The first-order valence-electron chi connectivity index (χ1n) is 0.781. The molecule has 0 aromatic heterocycles. The van der Waals surface area contributed by atoms with Gasteiger partial charge in [0.1, 0.15) is 0 Å². The summed E-state index contributed by atoms with van der Waals surface area (Å²) in [7, 11) is 0. The van der Waals surface area contributed by atoms with Crippen LogP contribution in [-0.2, 0) is 19.4 Å². The van der Waals surface area contributed by atoms with Crippen molar-refractivity contribution in [1.82, 2.24) is 0 Å². The van der Waals surface area contributed by atoms with Gasteiger partial charge in [-0.2, -0.15) is 0 Å². The van der Waals surface area contributed by atoms with E-state index in [1.54, 1.807) is 0 Å². The molecule has 0 radical (unpaired) electrons. The molecule has 0 heterocycles. The third kappa shape index (κ3) is 23.7. The van der Waals surface area contributed by atoms with Gasteiger partial charge in [0.25, 0.3) is 0 Å². The summed E-state index contributed by atoms with van der Waals surface area (Å²) < 4.78 is 0.500. The van der Waals surface area contributed by atoms with Crippen molar-refractivity contribution in [2.45, 2.75) is 0 Å². The summed E-state index contributed by atoms with van der Waals surface area (Å²) in [4.78, 5) is 0. The molecule has 0 aromatic rings. The zero-order valence-corrected chi connectivity index (χ0v) is 5.00. The molecule has 0 unspecified atom stereocenters. The van der Waals surface area contributed by atoms with Gasteiger partial charge in [-0.1, -0.05) is 0 Å². The Bertz CT molecular complexity index is 29.0. The fourth-order valence-electron chi connectivity index (χ4n) is 0. The molecule has 0 saturated heterocycles. The quantitative estimate of drug-likeness (QED) is 0.532. The molecule has 0 amide bonds. The van der Waals surface area contributed by atoms with Gasteiger partial charge in [-0.3, -0.25) is 0 Å². The van der Waals surface area contributed by atoms with E-state index in [2.05, 4.69) is 0 Å². The van der Waals surface area contributed by atoms with E-state index >= 15 is 0 Å². The molecule has 0 atom stereocenters. The first-order valence-corrected chi connectivity index (χ1v) is 2.25. The van der Waals surface area contributed by atoms with Crippen molar-refractivity contribution in [1.29, 1.82) is 0 Å². The molecule has 0 rings (SSSR count). The first kappa shape index (κ1) is 4.48. The van der Waals surface area contributed by atoms with Crippen LogP contribution in [0.5, 0.6) is 0 Å². The molecule has 24 valence electrons. The predicted molar refractivity (Wildman–Crippen MR) is 13.4 cm³/mol. The average molecular weight is 228 g/mol. The van der Waals surface area contributed by atoms with Crippen molar-refractivity contribution in [2.24, 2.45) is 11.5 Å². The SMILES string of the molecule is N[C](N)=[W]. The number of nitrogens with two attached hydrogens (primary N) is 2. The maximum atomic E-state index is 4.84. The Morgan fingerprint density at radius 3 is 1.50 bits per heavy atom. The Labute approximate surface area is 35.6 Å². The average Bonchev–Trinajstić information content (AvgIpc) is 0.811. The van der Waals surface area contributed by atoms with E-state index in [-0.39, 0.29) is 0 Å². The molecule has 4 N–H and O–H groups in total. The van der Waals surface area contributed by atoms with Crippen LogP contribution in [0.3, 0.4) is 0 Å². The van der Waals surface area contributed by atoms with Gasteiger partial charge in [-0.15, -0.1) is 0 Å². The summed E-state index contributed by atoms with van der Waals surface area (Å²) in [5.41, 5.74) is 9.69. The zero-order chi connectivity index (χ0) is 3.58. The maximum absolute atomic E-state index is 4.84. The number of hydrogen-bond donors (Lipinski definition) is 2. The molecule has 2 nitrogen and oxygen atoms in total. The zero-order valence-electron chi connectivity index (χ0n) is 2.06. The van der Waals surface area contributed by atoms with Crippen LogP contribution < -0.4 is 11.5 Å². The summed E-state index contributed by atoms with van der Waals surface area (Å²) in [6, 6.07) is 0. The normalized spacial score (nSPS) is 6.50. The van der Waals surface area contributed by atoms with Gasteiger partial charge in [-0.05, 0) is 0 Å². The van der Waals surface area contributed by atoms with Crippen LogP contribution in [0.4, 0.5) is 0 Å². The Kier molecular flexibility index (Phi) is 1.98. The van der Waals surface area contributed by atoms with Gasteiger partial charge in [0.15, 0.2) is 0 Å². The Morgan fingerprint density at radius 1 is 1.50 bits per heavy atom. The summed E-state index contributed by atoms with van der Waals surface area (Å²) in [5, 5.41) is 0. The van der Waals surface area contributed by atoms with E-state index in [4.69, 9.17) is 11.5 Å². The second-order valence-corrected chi connectivity index (χ2v) is 2.10. The molecule has 0 fully saturated rings. The van der Waals surface area contributed by atoms with Crippen LogP contribution >= 0.6 is 0 Å². The number of hydrogen-bond acceptors (Lipinski definition) is 2. The van der Waals surface area contributed by atoms with Gasteiger partial charge in [0, 0.05) is 0 Å². The molecule has 0 aliphatic heterocycles. The van der Waals surface area contributed by atoms with Crippen LogP contribution in [0.2, 0.25) is 0 Å². The topological polar surface area (TPSA) is 52.0 Å². The molecule has 0 aliphatic rings. The summed E-state index contributed by atoms with van der Waals surface area (Å²) >= 11 is 1.15. The van der Waals surface area contributed by atoms with Crippen molar-refractivity contribution >= 4 is 4.15 Å². The van der Waals surface area contributed by atoms with Crippen molar-refractivity contribution < 1.29 is 19.4 Å². The van der Waals surface area contributed by atoms with Crippen molar-refractivity contribution in [3.63, 3.8) is 0 Å². The molecule has 4 heavy (non-hydrogen) atoms. The molecule has 3 heteroatoms. The Hall–Kier alpha value is 0.478.